The van der Waals surface area contributed by atoms with Crippen LogP contribution in [0.25, 0.3) is 6.08 Å². The first-order valence-electron chi connectivity index (χ1n) is 8.78. The molecule has 0 unspecified atom stereocenters. The summed E-state index contributed by atoms with van der Waals surface area (Å²) < 4.78 is 4.98. The topological polar surface area (TPSA) is 49.9 Å². The van der Waals surface area contributed by atoms with Crippen molar-refractivity contribution >= 4 is 34.7 Å². The molecule has 0 N–H and O–H groups in total. The van der Waals surface area contributed by atoms with Gasteiger partial charge in [0.1, 0.15) is 0 Å². The molecule has 2 saturated heterocycles. The number of thioether (sulfide) groups is 1. The molecule has 0 aromatic heterocycles. The number of methoxy groups -OCH3 is 1. The molecular weight excluding hydrogens is 336 g/mol. The number of anilines is 1. The van der Waals surface area contributed by atoms with E-state index in [0.717, 1.165) is 30.4 Å². The maximum Gasteiger partial charge on any atom is 0.293 e. The van der Waals surface area contributed by atoms with E-state index < -0.39 is 0 Å². The summed E-state index contributed by atoms with van der Waals surface area (Å²) in [6.45, 7) is 3.17. The monoisotopic (exact) mass is 360 g/mol. The van der Waals surface area contributed by atoms with Crippen molar-refractivity contribution in [1.29, 1.82) is 0 Å². The third kappa shape index (κ3) is 4.44. The Hall–Kier alpha value is -1.79. The molecule has 5 nitrogen and oxygen atoms in total. The summed E-state index contributed by atoms with van der Waals surface area (Å²) in [5, 5.41) is -0.197. The smallest absolute Gasteiger partial charge is 0.293 e. The average molecular weight is 360 g/mol. The van der Waals surface area contributed by atoms with Gasteiger partial charge in [-0.2, -0.15) is 0 Å². The highest BCUT2D eigenvalue weighted by atomic mass is 32.2. The van der Waals surface area contributed by atoms with Gasteiger partial charge in [-0.05, 0) is 61.2 Å². The summed E-state index contributed by atoms with van der Waals surface area (Å²) in [6, 6.07) is 8.23. The molecule has 0 radical (unpaired) electrons. The fourth-order valence-electron chi connectivity index (χ4n) is 3.14. The van der Waals surface area contributed by atoms with Crippen molar-refractivity contribution in [3.8, 4) is 0 Å². The van der Waals surface area contributed by atoms with E-state index in [4.69, 9.17) is 4.74 Å². The van der Waals surface area contributed by atoms with Crippen LogP contribution in [0.4, 0.5) is 10.5 Å². The molecule has 2 amide bonds. The molecule has 1 aromatic carbocycles. The molecule has 2 heterocycles. The first kappa shape index (κ1) is 18.0. The van der Waals surface area contributed by atoms with Crippen molar-refractivity contribution in [2.75, 3.05) is 38.3 Å². The summed E-state index contributed by atoms with van der Waals surface area (Å²) in [6.07, 6.45) is 6.28. The Morgan fingerprint density at radius 3 is 2.52 bits per heavy atom. The molecule has 0 spiro atoms. The molecular formula is C19H24N2O3S. The lowest BCUT2D eigenvalue weighted by molar-refractivity contribution is -0.122. The average Bonchev–Trinajstić information content (AvgIpc) is 2.90. The Bertz CT molecular complexity index is 651. The van der Waals surface area contributed by atoms with Gasteiger partial charge in [0.2, 0.25) is 0 Å². The van der Waals surface area contributed by atoms with Crippen LogP contribution in [0.1, 0.15) is 31.2 Å². The van der Waals surface area contributed by atoms with Gasteiger partial charge < -0.3 is 9.64 Å². The van der Waals surface area contributed by atoms with Crippen LogP contribution < -0.4 is 4.90 Å². The highest BCUT2D eigenvalue weighted by Gasteiger charge is 2.34. The number of nitrogens with zero attached hydrogens (tertiary/aromatic N) is 2. The van der Waals surface area contributed by atoms with E-state index in [1.165, 1.54) is 29.8 Å². The second-order valence-corrected chi connectivity index (χ2v) is 7.31. The third-order valence-corrected chi connectivity index (χ3v) is 5.42. The first-order valence-corrected chi connectivity index (χ1v) is 9.60. The first-order chi connectivity index (χ1) is 12.2. The van der Waals surface area contributed by atoms with E-state index in [1.54, 1.807) is 13.2 Å². The van der Waals surface area contributed by atoms with Crippen molar-refractivity contribution in [3.63, 3.8) is 0 Å². The molecule has 2 aliphatic rings. The van der Waals surface area contributed by atoms with Gasteiger partial charge in [-0.3, -0.25) is 14.5 Å². The number of ether oxygens (including phenoxy) is 1. The third-order valence-electron chi connectivity index (χ3n) is 4.52. The fourth-order valence-corrected chi connectivity index (χ4v) is 4.01. The number of hydrogen-bond donors (Lipinski definition) is 0. The summed E-state index contributed by atoms with van der Waals surface area (Å²) in [5.41, 5.74) is 2.17. The van der Waals surface area contributed by atoms with E-state index >= 15 is 0 Å². The summed E-state index contributed by atoms with van der Waals surface area (Å²) >= 11 is 1.01. The van der Waals surface area contributed by atoms with Crippen LogP contribution in [0.15, 0.2) is 29.2 Å². The lowest BCUT2D eigenvalue weighted by atomic mass is 10.1. The number of hydrogen-bond acceptors (Lipinski definition) is 5. The lowest BCUT2D eigenvalue weighted by Crippen LogP contribution is -2.29. The van der Waals surface area contributed by atoms with Gasteiger partial charge in [-0.25, -0.2) is 0 Å². The minimum absolute atomic E-state index is 0.197. The maximum atomic E-state index is 12.4. The Kier molecular flexibility index (Phi) is 6.15. The molecule has 1 aromatic rings. The zero-order valence-corrected chi connectivity index (χ0v) is 15.4. The molecule has 25 heavy (non-hydrogen) atoms. The SMILES string of the molecule is COCCCN1C(=O)S/C(=C/c2ccc(N3CCCCC3)cc2)C1=O. The largest absolute Gasteiger partial charge is 0.385 e. The fraction of sp³-hybridized carbons (Fsp3) is 0.474. The van der Waals surface area contributed by atoms with E-state index in [0.29, 0.717) is 24.5 Å². The number of amides is 2. The van der Waals surface area contributed by atoms with Crippen LogP contribution in [-0.4, -0.2) is 49.4 Å². The lowest BCUT2D eigenvalue weighted by Gasteiger charge is -2.28. The van der Waals surface area contributed by atoms with Crippen LogP contribution >= 0.6 is 11.8 Å². The van der Waals surface area contributed by atoms with E-state index in [9.17, 15) is 9.59 Å². The molecule has 0 atom stereocenters. The van der Waals surface area contributed by atoms with E-state index in [1.807, 2.05) is 12.1 Å². The number of carbonyl (C=O) groups excluding carboxylic acids is 2. The predicted molar refractivity (Wildman–Crippen MR) is 102 cm³/mol. The van der Waals surface area contributed by atoms with Gasteiger partial charge in [0.05, 0.1) is 4.91 Å². The van der Waals surface area contributed by atoms with Crippen molar-refractivity contribution in [2.24, 2.45) is 0 Å². The molecule has 0 aliphatic carbocycles. The Morgan fingerprint density at radius 2 is 1.84 bits per heavy atom. The minimum Gasteiger partial charge on any atom is -0.385 e. The van der Waals surface area contributed by atoms with Crippen LogP contribution in [0.2, 0.25) is 0 Å². The second-order valence-electron chi connectivity index (χ2n) is 6.32. The Morgan fingerprint density at radius 1 is 1.12 bits per heavy atom. The van der Waals surface area contributed by atoms with Gasteiger partial charge in [0, 0.05) is 39.0 Å². The number of benzene rings is 1. The highest BCUT2D eigenvalue weighted by Crippen LogP contribution is 2.32. The molecule has 6 heteroatoms. The molecule has 0 bridgehead atoms. The molecule has 2 aliphatic heterocycles. The number of imide groups is 1. The van der Waals surface area contributed by atoms with Crippen LogP contribution in [-0.2, 0) is 9.53 Å². The van der Waals surface area contributed by atoms with E-state index in [2.05, 4.69) is 17.0 Å². The van der Waals surface area contributed by atoms with Gasteiger partial charge in [0.25, 0.3) is 11.1 Å². The second kappa shape index (κ2) is 8.54. The van der Waals surface area contributed by atoms with Crippen molar-refractivity contribution in [1.82, 2.24) is 4.90 Å². The Labute approximate surface area is 153 Å². The summed E-state index contributed by atoms with van der Waals surface area (Å²) in [4.78, 5) is 28.6. The Balaban J connectivity index is 1.66. The van der Waals surface area contributed by atoms with Gasteiger partial charge >= 0.3 is 0 Å². The van der Waals surface area contributed by atoms with Crippen molar-refractivity contribution in [2.45, 2.75) is 25.7 Å². The van der Waals surface area contributed by atoms with Crippen molar-refractivity contribution < 1.29 is 14.3 Å². The van der Waals surface area contributed by atoms with Crippen LogP contribution in [0.5, 0.6) is 0 Å². The minimum atomic E-state index is -0.203. The highest BCUT2D eigenvalue weighted by molar-refractivity contribution is 8.18. The normalized spacial score (nSPS) is 20.0. The number of piperidine rings is 1. The quantitative estimate of drug-likeness (QED) is 0.571. The van der Waals surface area contributed by atoms with E-state index in [-0.39, 0.29) is 11.1 Å². The standard InChI is InChI=1S/C19H24N2O3S/c1-24-13-5-12-21-18(22)17(25-19(21)23)14-15-6-8-16(9-7-15)20-10-3-2-4-11-20/h6-9,14H,2-5,10-13H2,1H3/b17-14+. The van der Waals surface area contributed by atoms with Gasteiger partial charge in [0.15, 0.2) is 0 Å². The molecule has 0 saturated carbocycles. The molecule has 3 rings (SSSR count). The van der Waals surface area contributed by atoms with Gasteiger partial charge in [-0.15, -0.1) is 0 Å². The maximum absolute atomic E-state index is 12.4. The number of rotatable bonds is 6. The zero-order valence-electron chi connectivity index (χ0n) is 14.6. The van der Waals surface area contributed by atoms with Crippen LogP contribution in [0.3, 0.4) is 0 Å². The van der Waals surface area contributed by atoms with Crippen molar-refractivity contribution in [3.05, 3.63) is 34.7 Å². The number of carbonyl (C=O) groups is 2. The van der Waals surface area contributed by atoms with Gasteiger partial charge in [-0.1, -0.05) is 12.1 Å². The zero-order chi connectivity index (χ0) is 17.6. The molecule has 2 fully saturated rings. The van der Waals surface area contributed by atoms with Crippen LogP contribution in [0, 0.1) is 0 Å². The summed E-state index contributed by atoms with van der Waals surface area (Å²) in [7, 11) is 1.61. The molecule has 134 valence electrons. The predicted octanol–water partition coefficient (Wildman–Crippen LogP) is 3.75. The summed E-state index contributed by atoms with van der Waals surface area (Å²) in [5.74, 6) is -0.203.